The van der Waals surface area contributed by atoms with Gasteiger partial charge < -0.3 is 10.6 Å². The van der Waals surface area contributed by atoms with Gasteiger partial charge in [0.05, 0.1) is 5.75 Å². The Labute approximate surface area is 132 Å². The summed E-state index contributed by atoms with van der Waals surface area (Å²) < 4.78 is 0.702. The van der Waals surface area contributed by atoms with E-state index in [-0.39, 0.29) is 17.7 Å². The first-order chi connectivity index (χ1) is 10.0. The van der Waals surface area contributed by atoms with Crippen LogP contribution in [-0.2, 0) is 4.79 Å². The molecule has 1 rings (SSSR count). The zero-order chi connectivity index (χ0) is 15.7. The molecule has 21 heavy (non-hydrogen) atoms. The number of carbonyl (C=O) groups is 2. The molecule has 0 aliphatic rings. The first kappa shape index (κ1) is 17.7. The zero-order valence-electron chi connectivity index (χ0n) is 12.4. The Morgan fingerprint density at radius 2 is 2.10 bits per heavy atom. The molecule has 0 atom stereocenters. The lowest BCUT2D eigenvalue weighted by Gasteiger charge is -2.08. The van der Waals surface area contributed by atoms with E-state index < -0.39 is 6.03 Å². The molecular formula is C12H21N5O2S2. The van der Waals surface area contributed by atoms with Gasteiger partial charge in [0.2, 0.25) is 11.0 Å². The Morgan fingerprint density at radius 3 is 2.76 bits per heavy atom. The van der Waals surface area contributed by atoms with Gasteiger partial charge in [0.25, 0.3) is 0 Å². The van der Waals surface area contributed by atoms with Crippen LogP contribution in [0, 0.1) is 0 Å². The maximum atomic E-state index is 11.6. The highest BCUT2D eigenvalue weighted by atomic mass is 32.2. The number of imide groups is 1. The standard InChI is InChI=1S/C12H21N5O2S2/c1-4-5-6-13-11-16-17-12(21-11)20-7-9(18)15-10(19)14-8(2)3/h8H,4-7H2,1-3H3,(H,13,16)(H2,14,15,18,19). The van der Waals surface area contributed by atoms with Gasteiger partial charge in [-0.05, 0) is 20.3 Å². The number of urea groups is 1. The van der Waals surface area contributed by atoms with Gasteiger partial charge in [0.15, 0.2) is 4.34 Å². The molecule has 0 fully saturated rings. The number of hydrogen-bond donors (Lipinski definition) is 3. The Hall–Kier alpha value is -1.35. The van der Waals surface area contributed by atoms with Crippen LogP contribution in [0.4, 0.5) is 9.93 Å². The summed E-state index contributed by atoms with van der Waals surface area (Å²) in [5, 5.41) is 16.8. The minimum Gasteiger partial charge on any atom is -0.360 e. The Bertz CT molecular complexity index is 464. The van der Waals surface area contributed by atoms with Crippen molar-refractivity contribution in [1.29, 1.82) is 0 Å². The lowest BCUT2D eigenvalue weighted by atomic mass is 10.3. The Balaban J connectivity index is 2.28. The third kappa shape index (κ3) is 7.86. The fourth-order valence-electron chi connectivity index (χ4n) is 1.30. The highest BCUT2D eigenvalue weighted by molar-refractivity contribution is 8.01. The zero-order valence-corrected chi connectivity index (χ0v) is 14.1. The molecule has 0 spiro atoms. The van der Waals surface area contributed by atoms with E-state index in [1.165, 1.54) is 23.1 Å². The Morgan fingerprint density at radius 1 is 1.33 bits per heavy atom. The predicted molar refractivity (Wildman–Crippen MR) is 85.8 cm³/mol. The summed E-state index contributed by atoms with van der Waals surface area (Å²) in [4.78, 5) is 22.9. The third-order valence-electron chi connectivity index (χ3n) is 2.21. The third-order valence-corrected chi connectivity index (χ3v) is 4.23. The van der Waals surface area contributed by atoms with Gasteiger partial charge in [-0.25, -0.2) is 4.79 Å². The second-order valence-electron chi connectivity index (χ2n) is 4.62. The van der Waals surface area contributed by atoms with Crippen LogP contribution >= 0.6 is 23.1 Å². The second kappa shape index (κ2) is 9.56. The van der Waals surface area contributed by atoms with Crippen LogP contribution in [0.1, 0.15) is 33.6 Å². The van der Waals surface area contributed by atoms with E-state index in [4.69, 9.17) is 0 Å². The van der Waals surface area contributed by atoms with Crippen molar-refractivity contribution in [2.75, 3.05) is 17.6 Å². The summed E-state index contributed by atoms with van der Waals surface area (Å²) in [6, 6.07) is -0.486. The normalized spacial score (nSPS) is 10.5. The van der Waals surface area contributed by atoms with Crippen molar-refractivity contribution in [3.8, 4) is 0 Å². The molecule has 0 saturated heterocycles. The molecule has 118 valence electrons. The van der Waals surface area contributed by atoms with Gasteiger partial charge >= 0.3 is 6.03 Å². The van der Waals surface area contributed by atoms with Crippen LogP contribution in [0.5, 0.6) is 0 Å². The second-order valence-corrected chi connectivity index (χ2v) is 6.82. The van der Waals surface area contributed by atoms with Crippen molar-refractivity contribution in [2.45, 2.75) is 44.0 Å². The fourth-order valence-corrected chi connectivity index (χ4v) is 2.88. The van der Waals surface area contributed by atoms with Gasteiger partial charge in [0.1, 0.15) is 0 Å². The molecule has 9 heteroatoms. The van der Waals surface area contributed by atoms with E-state index in [1.54, 1.807) is 0 Å². The van der Waals surface area contributed by atoms with E-state index in [0.29, 0.717) is 4.34 Å². The van der Waals surface area contributed by atoms with Crippen LogP contribution in [0.25, 0.3) is 0 Å². The molecule has 0 aliphatic carbocycles. The van der Waals surface area contributed by atoms with E-state index in [2.05, 4.69) is 33.1 Å². The fraction of sp³-hybridized carbons (Fsp3) is 0.667. The molecule has 0 aliphatic heterocycles. The van der Waals surface area contributed by atoms with E-state index >= 15 is 0 Å². The maximum absolute atomic E-state index is 11.6. The lowest BCUT2D eigenvalue weighted by molar-refractivity contribution is -0.117. The van der Waals surface area contributed by atoms with Crippen molar-refractivity contribution < 1.29 is 9.59 Å². The molecular weight excluding hydrogens is 310 g/mol. The number of amides is 3. The van der Waals surface area contributed by atoms with E-state index in [1.807, 2.05) is 13.8 Å². The van der Waals surface area contributed by atoms with Gasteiger partial charge in [-0.15, -0.1) is 10.2 Å². The molecule has 0 unspecified atom stereocenters. The maximum Gasteiger partial charge on any atom is 0.321 e. The minimum absolute atomic E-state index is 0.00892. The molecule has 7 nitrogen and oxygen atoms in total. The van der Waals surface area contributed by atoms with Crippen molar-refractivity contribution in [3.63, 3.8) is 0 Å². The molecule has 0 saturated carbocycles. The largest absolute Gasteiger partial charge is 0.360 e. The summed E-state index contributed by atoms with van der Waals surface area (Å²) in [6.45, 7) is 6.64. The summed E-state index contributed by atoms with van der Waals surface area (Å²) in [6.07, 6.45) is 2.20. The van der Waals surface area contributed by atoms with Crippen molar-refractivity contribution in [3.05, 3.63) is 0 Å². The number of carbonyl (C=O) groups excluding carboxylic acids is 2. The van der Waals surface area contributed by atoms with Gasteiger partial charge in [-0.2, -0.15) is 0 Å². The van der Waals surface area contributed by atoms with Crippen LogP contribution in [0.3, 0.4) is 0 Å². The minimum atomic E-state index is -0.477. The highest BCUT2D eigenvalue weighted by Gasteiger charge is 2.11. The molecule has 0 aromatic carbocycles. The quantitative estimate of drug-likeness (QED) is 0.498. The number of hydrogen-bond acceptors (Lipinski definition) is 7. The first-order valence-electron chi connectivity index (χ1n) is 6.81. The Kier molecular flexibility index (Phi) is 8.06. The average Bonchev–Trinajstić information content (AvgIpc) is 2.83. The molecule has 1 heterocycles. The number of unbranched alkanes of at least 4 members (excludes halogenated alkanes) is 1. The van der Waals surface area contributed by atoms with Gasteiger partial charge in [-0.1, -0.05) is 36.4 Å². The number of thioether (sulfide) groups is 1. The van der Waals surface area contributed by atoms with Crippen molar-refractivity contribution >= 4 is 40.2 Å². The summed E-state index contributed by atoms with van der Waals surface area (Å²) >= 11 is 2.67. The SMILES string of the molecule is CCCCNc1nnc(SCC(=O)NC(=O)NC(C)C)s1. The predicted octanol–water partition coefficient (Wildman–Crippen LogP) is 2.08. The summed E-state index contributed by atoms with van der Waals surface area (Å²) in [7, 11) is 0. The topological polar surface area (TPSA) is 96.0 Å². The van der Waals surface area contributed by atoms with Crippen molar-refractivity contribution in [1.82, 2.24) is 20.8 Å². The van der Waals surface area contributed by atoms with Gasteiger partial charge in [-0.3, -0.25) is 10.1 Å². The average molecular weight is 331 g/mol. The van der Waals surface area contributed by atoms with E-state index in [9.17, 15) is 9.59 Å². The molecule has 1 aromatic heterocycles. The lowest BCUT2D eigenvalue weighted by Crippen LogP contribution is -2.43. The number of rotatable bonds is 8. The molecule has 0 bridgehead atoms. The number of anilines is 1. The molecule has 3 amide bonds. The van der Waals surface area contributed by atoms with E-state index in [0.717, 1.165) is 24.5 Å². The molecule has 1 aromatic rings. The highest BCUT2D eigenvalue weighted by Crippen LogP contribution is 2.25. The summed E-state index contributed by atoms with van der Waals surface area (Å²) in [5.41, 5.74) is 0. The molecule has 3 N–H and O–H groups in total. The number of nitrogens with one attached hydrogen (secondary N) is 3. The molecule has 0 radical (unpaired) electrons. The smallest absolute Gasteiger partial charge is 0.321 e. The van der Waals surface area contributed by atoms with Crippen LogP contribution in [0.15, 0.2) is 4.34 Å². The summed E-state index contributed by atoms with van der Waals surface area (Å²) in [5.74, 6) is -0.219. The number of aromatic nitrogens is 2. The monoisotopic (exact) mass is 331 g/mol. The van der Waals surface area contributed by atoms with Gasteiger partial charge in [0, 0.05) is 12.6 Å². The van der Waals surface area contributed by atoms with Crippen LogP contribution in [0.2, 0.25) is 0 Å². The first-order valence-corrected chi connectivity index (χ1v) is 8.62. The number of nitrogens with zero attached hydrogens (tertiary/aromatic N) is 2. The van der Waals surface area contributed by atoms with Crippen LogP contribution in [-0.4, -0.2) is 40.5 Å². The van der Waals surface area contributed by atoms with Crippen LogP contribution < -0.4 is 16.0 Å². The van der Waals surface area contributed by atoms with Crippen molar-refractivity contribution in [2.24, 2.45) is 0 Å².